The first kappa shape index (κ1) is 19.1. The van der Waals surface area contributed by atoms with Crippen molar-refractivity contribution in [2.45, 2.75) is 19.4 Å². The van der Waals surface area contributed by atoms with E-state index in [1.807, 2.05) is 17.0 Å². The van der Waals surface area contributed by atoms with Crippen molar-refractivity contribution in [3.63, 3.8) is 0 Å². The molecule has 2 aromatic carbocycles. The fraction of sp³-hybridized carbons (Fsp3) is 0.211. The van der Waals surface area contributed by atoms with Gasteiger partial charge in [-0.05, 0) is 60.6 Å². The van der Waals surface area contributed by atoms with Gasteiger partial charge in [-0.1, -0.05) is 23.7 Å². The first-order valence-corrected chi connectivity index (χ1v) is 9.29. The summed E-state index contributed by atoms with van der Waals surface area (Å²) >= 11 is 11.0. The van der Waals surface area contributed by atoms with Gasteiger partial charge in [0, 0.05) is 35.8 Å². The van der Waals surface area contributed by atoms with E-state index < -0.39 is 0 Å². The van der Waals surface area contributed by atoms with Crippen molar-refractivity contribution >= 4 is 46.4 Å². The van der Waals surface area contributed by atoms with Crippen LogP contribution < -0.4 is 16.2 Å². The van der Waals surface area contributed by atoms with Gasteiger partial charge in [0.15, 0.2) is 5.11 Å². The molecule has 1 heterocycles. The number of hydrogen-bond acceptors (Lipinski definition) is 3. The second-order valence-electron chi connectivity index (χ2n) is 6.16. The Bertz CT molecular complexity index is 840. The van der Waals surface area contributed by atoms with Crippen LogP contribution in [0, 0.1) is 0 Å². The smallest absolute Gasteiger partial charge is 0.269 e. The average Bonchev–Trinajstić information content (AvgIpc) is 3.07. The van der Waals surface area contributed by atoms with Crippen molar-refractivity contribution in [3.8, 4) is 0 Å². The molecule has 0 atom stereocenters. The molecule has 1 aliphatic heterocycles. The van der Waals surface area contributed by atoms with Gasteiger partial charge >= 0.3 is 0 Å². The van der Waals surface area contributed by atoms with E-state index in [0.717, 1.165) is 24.2 Å². The van der Waals surface area contributed by atoms with E-state index in [1.165, 1.54) is 0 Å². The lowest BCUT2D eigenvalue weighted by Crippen LogP contribution is -2.43. The fourth-order valence-corrected chi connectivity index (χ4v) is 3.03. The largest absolute Gasteiger partial charge is 0.338 e. The average molecular weight is 403 g/mol. The molecule has 0 aromatic heterocycles. The number of rotatable bonds is 4. The molecular formula is C19H19ClN4O2S. The zero-order valence-corrected chi connectivity index (χ0v) is 16.1. The number of carbonyl (C=O) groups is 2. The van der Waals surface area contributed by atoms with Gasteiger partial charge in [0.05, 0.1) is 0 Å². The van der Waals surface area contributed by atoms with Crippen LogP contribution in [0.2, 0.25) is 5.02 Å². The van der Waals surface area contributed by atoms with Crippen molar-refractivity contribution in [2.75, 3.05) is 11.9 Å². The van der Waals surface area contributed by atoms with E-state index in [4.69, 9.17) is 23.8 Å². The third-order valence-corrected chi connectivity index (χ3v) is 4.61. The molecule has 3 N–H and O–H groups in total. The fourth-order valence-electron chi connectivity index (χ4n) is 2.73. The molecule has 140 valence electrons. The van der Waals surface area contributed by atoms with Crippen LogP contribution in [0.4, 0.5) is 5.69 Å². The highest BCUT2D eigenvalue weighted by Gasteiger charge is 2.19. The van der Waals surface area contributed by atoms with Crippen LogP contribution in [-0.4, -0.2) is 28.4 Å². The number of nitrogens with zero attached hydrogens (tertiary/aromatic N) is 1. The third kappa shape index (κ3) is 5.42. The number of benzene rings is 2. The number of halogens is 1. The lowest BCUT2D eigenvalue weighted by Gasteiger charge is -2.15. The second kappa shape index (κ2) is 8.83. The molecule has 8 heteroatoms. The summed E-state index contributed by atoms with van der Waals surface area (Å²) in [4.78, 5) is 25.7. The molecule has 6 nitrogen and oxygen atoms in total. The lowest BCUT2D eigenvalue weighted by atomic mass is 10.1. The van der Waals surface area contributed by atoms with E-state index in [1.54, 1.807) is 36.4 Å². The molecule has 0 saturated carbocycles. The minimum atomic E-state index is -0.306. The van der Waals surface area contributed by atoms with Gasteiger partial charge in [-0.3, -0.25) is 20.4 Å². The monoisotopic (exact) mass is 402 g/mol. The van der Waals surface area contributed by atoms with Crippen LogP contribution in [0.5, 0.6) is 0 Å². The van der Waals surface area contributed by atoms with E-state index >= 15 is 0 Å². The lowest BCUT2D eigenvalue weighted by molar-refractivity contribution is -0.128. The van der Waals surface area contributed by atoms with E-state index in [2.05, 4.69) is 16.2 Å². The Morgan fingerprint density at radius 2 is 1.78 bits per heavy atom. The molecule has 0 aliphatic carbocycles. The molecule has 1 saturated heterocycles. The molecular weight excluding hydrogens is 384 g/mol. The Labute approximate surface area is 167 Å². The van der Waals surface area contributed by atoms with Gasteiger partial charge < -0.3 is 10.2 Å². The van der Waals surface area contributed by atoms with Crippen LogP contribution in [0.25, 0.3) is 0 Å². The molecule has 1 fully saturated rings. The number of anilines is 1. The second-order valence-corrected chi connectivity index (χ2v) is 7.00. The van der Waals surface area contributed by atoms with Crippen molar-refractivity contribution < 1.29 is 9.59 Å². The predicted molar refractivity (Wildman–Crippen MR) is 109 cm³/mol. The third-order valence-electron chi connectivity index (χ3n) is 4.15. The molecule has 0 radical (unpaired) electrons. The maximum Gasteiger partial charge on any atom is 0.269 e. The van der Waals surface area contributed by atoms with E-state index in [9.17, 15) is 9.59 Å². The van der Waals surface area contributed by atoms with Crippen molar-refractivity contribution in [1.82, 2.24) is 15.8 Å². The Morgan fingerprint density at radius 1 is 1.07 bits per heavy atom. The van der Waals surface area contributed by atoms with Gasteiger partial charge in [-0.15, -0.1) is 0 Å². The standard InChI is InChI=1S/C19H19ClN4O2S/c20-15-7-9-16(10-8-15)21-19(27)23-22-18(26)14-5-3-13(4-6-14)12-24-11-1-2-17(24)25/h3-10H,1-2,11-12H2,(H,22,26)(H2,21,23,27). The highest BCUT2D eigenvalue weighted by Crippen LogP contribution is 2.15. The molecule has 2 aromatic rings. The van der Waals surface area contributed by atoms with Crippen LogP contribution in [0.15, 0.2) is 48.5 Å². The van der Waals surface area contributed by atoms with Crippen LogP contribution in [0.1, 0.15) is 28.8 Å². The van der Waals surface area contributed by atoms with Gasteiger partial charge in [-0.25, -0.2) is 0 Å². The number of hydrogen-bond donors (Lipinski definition) is 3. The maximum atomic E-state index is 12.2. The zero-order chi connectivity index (χ0) is 19.2. The molecule has 27 heavy (non-hydrogen) atoms. The Morgan fingerprint density at radius 3 is 2.41 bits per heavy atom. The topological polar surface area (TPSA) is 73.5 Å². The molecule has 0 spiro atoms. The summed E-state index contributed by atoms with van der Waals surface area (Å²) in [6.45, 7) is 1.37. The number of amides is 2. The van der Waals surface area contributed by atoms with Crippen LogP contribution >= 0.6 is 23.8 Å². The summed E-state index contributed by atoms with van der Waals surface area (Å²) in [6, 6.07) is 14.2. The normalized spacial score (nSPS) is 13.4. The number of nitrogens with one attached hydrogen (secondary N) is 3. The summed E-state index contributed by atoms with van der Waals surface area (Å²) in [5, 5.41) is 3.83. The van der Waals surface area contributed by atoms with E-state index in [0.29, 0.717) is 23.6 Å². The molecule has 0 unspecified atom stereocenters. The first-order chi connectivity index (χ1) is 13.0. The summed E-state index contributed by atoms with van der Waals surface area (Å²) in [5.74, 6) is -0.123. The van der Waals surface area contributed by atoms with E-state index in [-0.39, 0.29) is 16.9 Å². The number of hydrazine groups is 1. The Hall–Kier alpha value is -2.64. The first-order valence-electron chi connectivity index (χ1n) is 8.51. The highest BCUT2D eigenvalue weighted by atomic mass is 35.5. The summed E-state index contributed by atoms with van der Waals surface area (Å²) in [6.07, 6.45) is 1.53. The number of carbonyl (C=O) groups excluding carboxylic acids is 2. The molecule has 0 bridgehead atoms. The summed E-state index contributed by atoms with van der Waals surface area (Å²) < 4.78 is 0. The van der Waals surface area contributed by atoms with Crippen LogP contribution in [-0.2, 0) is 11.3 Å². The van der Waals surface area contributed by atoms with Crippen molar-refractivity contribution in [3.05, 3.63) is 64.7 Å². The maximum absolute atomic E-state index is 12.2. The zero-order valence-electron chi connectivity index (χ0n) is 14.5. The van der Waals surface area contributed by atoms with Gasteiger partial charge in [0.25, 0.3) is 5.91 Å². The molecule has 3 rings (SSSR count). The summed E-state index contributed by atoms with van der Waals surface area (Å²) in [5.41, 5.74) is 7.45. The Kier molecular flexibility index (Phi) is 6.26. The minimum Gasteiger partial charge on any atom is -0.338 e. The molecule has 2 amide bonds. The number of thiocarbonyl (C=S) groups is 1. The quantitative estimate of drug-likeness (QED) is 0.541. The highest BCUT2D eigenvalue weighted by molar-refractivity contribution is 7.80. The van der Waals surface area contributed by atoms with Gasteiger partial charge in [-0.2, -0.15) is 0 Å². The van der Waals surface area contributed by atoms with Gasteiger partial charge in [0.2, 0.25) is 5.91 Å². The predicted octanol–water partition coefficient (Wildman–Crippen LogP) is 3.09. The number of likely N-dealkylation sites (tertiary alicyclic amines) is 1. The SMILES string of the molecule is O=C(NNC(=S)Nc1ccc(Cl)cc1)c1ccc(CN2CCCC2=O)cc1. The Balaban J connectivity index is 1.48. The van der Waals surface area contributed by atoms with Crippen molar-refractivity contribution in [1.29, 1.82) is 0 Å². The molecule has 1 aliphatic rings. The van der Waals surface area contributed by atoms with Gasteiger partial charge in [0.1, 0.15) is 0 Å². The van der Waals surface area contributed by atoms with Crippen LogP contribution in [0.3, 0.4) is 0 Å². The minimum absolute atomic E-state index is 0.183. The summed E-state index contributed by atoms with van der Waals surface area (Å²) in [7, 11) is 0. The van der Waals surface area contributed by atoms with Crippen molar-refractivity contribution in [2.24, 2.45) is 0 Å².